The zero-order chi connectivity index (χ0) is 20.3. The van der Waals surface area contributed by atoms with E-state index in [1.54, 1.807) is 11.8 Å². The summed E-state index contributed by atoms with van der Waals surface area (Å²) in [5, 5.41) is 0.655. The number of fused-ring (bicyclic) bond motifs is 1. The van der Waals surface area contributed by atoms with Gasteiger partial charge in [-0.3, -0.25) is 0 Å². The predicted octanol–water partition coefficient (Wildman–Crippen LogP) is 5.03. The van der Waals surface area contributed by atoms with Gasteiger partial charge in [0.05, 0.1) is 19.3 Å². The van der Waals surface area contributed by atoms with E-state index in [-0.39, 0.29) is 12.1 Å². The number of carbonyl (C=O) groups is 2. The van der Waals surface area contributed by atoms with Crippen molar-refractivity contribution in [1.29, 1.82) is 0 Å². The van der Waals surface area contributed by atoms with Crippen molar-refractivity contribution in [2.24, 2.45) is 0 Å². The molecule has 0 spiro atoms. The number of benzene rings is 2. The number of carbonyl (C=O) groups excluding carboxylic acids is 2. The third-order valence-corrected chi connectivity index (χ3v) is 5.80. The number of nitrogens with zero attached hydrogens (tertiary/aromatic N) is 1. The summed E-state index contributed by atoms with van der Waals surface area (Å²) in [6.45, 7) is 2.98. The van der Waals surface area contributed by atoms with Crippen LogP contribution in [0.3, 0.4) is 0 Å². The van der Waals surface area contributed by atoms with Gasteiger partial charge in [-0.05, 0) is 60.1 Å². The quantitative estimate of drug-likeness (QED) is 0.513. The minimum Gasteiger partial charge on any atom is -0.465 e. The van der Waals surface area contributed by atoms with Gasteiger partial charge < -0.3 is 14.4 Å². The molecular weight excluding hydrogens is 398 g/mol. The molecule has 1 amide bonds. The Morgan fingerprint density at radius 1 is 1.21 bits per heavy atom. The van der Waals surface area contributed by atoms with Crippen molar-refractivity contribution in [3.8, 4) is 11.1 Å². The molecule has 148 valence electrons. The van der Waals surface area contributed by atoms with Gasteiger partial charge in [0.15, 0.2) is 0 Å². The number of amides is 1. The van der Waals surface area contributed by atoms with E-state index in [0.717, 1.165) is 27.1 Å². The minimum atomic E-state index is -0.354. The van der Waals surface area contributed by atoms with Crippen LogP contribution in [-0.2, 0) is 22.4 Å². The summed E-state index contributed by atoms with van der Waals surface area (Å²) < 4.78 is 10.2. The maximum Gasteiger partial charge on any atom is 0.410 e. The number of ether oxygens (including phenoxy) is 2. The number of methoxy groups -OCH3 is 1. The molecule has 0 aromatic heterocycles. The Balaban J connectivity index is 2.18. The third kappa shape index (κ3) is 3.98. The van der Waals surface area contributed by atoms with Crippen LogP contribution in [-0.4, -0.2) is 43.5 Å². The first-order chi connectivity index (χ1) is 13.5. The molecule has 5 nitrogen and oxygen atoms in total. The average Bonchev–Trinajstić information content (AvgIpc) is 2.72. The number of halogens is 1. The van der Waals surface area contributed by atoms with E-state index in [1.165, 1.54) is 18.9 Å². The zero-order valence-corrected chi connectivity index (χ0v) is 17.7. The van der Waals surface area contributed by atoms with Gasteiger partial charge in [-0.2, -0.15) is 0 Å². The van der Waals surface area contributed by atoms with Crippen molar-refractivity contribution < 1.29 is 19.1 Å². The predicted molar refractivity (Wildman–Crippen MR) is 111 cm³/mol. The van der Waals surface area contributed by atoms with Crippen LogP contribution in [0, 0.1) is 0 Å². The van der Waals surface area contributed by atoms with Gasteiger partial charge >= 0.3 is 12.1 Å². The normalized spacial score (nSPS) is 13.1. The van der Waals surface area contributed by atoms with Crippen LogP contribution in [0.5, 0.6) is 0 Å². The molecule has 0 aliphatic carbocycles. The Morgan fingerprint density at radius 3 is 2.54 bits per heavy atom. The Hall–Kier alpha value is -2.18. The number of thioether (sulfide) groups is 1. The van der Waals surface area contributed by atoms with Gasteiger partial charge in [0.25, 0.3) is 0 Å². The molecule has 1 heterocycles. The second-order valence-corrected chi connectivity index (χ2v) is 7.61. The van der Waals surface area contributed by atoms with Crippen molar-refractivity contribution in [3.63, 3.8) is 0 Å². The number of hydrogen-bond acceptors (Lipinski definition) is 5. The van der Waals surface area contributed by atoms with Gasteiger partial charge in [0, 0.05) is 23.0 Å². The summed E-state index contributed by atoms with van der Waals surface area (Å²) in [6.07, 6.45) is 2.16. The molecule has 0 saturated carbocycles. The van der Waals surface area contributed by atoms with Gasteiger partial charge in [-0.15, -0.1) is 11.8 Å². The zero-order valence-electron chi connectivity index (χ0n) is 16.1. The van der Waals surface area contributed by atoms with Crippen LogP contribution in [0.25, 0.3) is 11.1 Å². The molecule has 28 heavy (non-hydrogen) atoms. The molecule has 2 aromatic rings. The highest BCUT2D eigenvalue weighted by atomic mass is 35.5. The lowest BCUT2D eigenvalue weighted by Crippen LogP contribution is -2.37. The highest BCUT2D eigenvalue weighted by Crippen LogP contribution is 2.38. The maximum atomic E-state index is 12.5. The van der Waals surface area contributed by atoms with Crippen molar-refractivity contribution in [2.45, 2.75) is 24.8 Å². The number of esters is 1. The molecule has 0 atom stereocenters. The van der Waals surface area contributed by atoms with Crippen molar-refractivity contribution in [1.82, 2.24) is 4.90 Å². The fourth-order valence-corrected chi connectivity index (χ4v) is 4.24. The van der Waals surface area contributed by atoms with Crippen LogP contribution in [0.4, 0.5) is 4.79 Å². The summed E-state index contributed by atoms with van der Waals surface area (Å²) in [4.78, 5) is 27.3. The molecule has 0 N–H and O–H groups in total. The van der Waals surface area contributed by atoms with Crippen LogP contribution >= 0.6 is 23.4 Å². The summed E-state index contributed by atoms with van der Waals surface area (Å²) in [5.74, 6) is -0.354. The Bertz CT molecular complexity index is 898. The molecular formula is C21H22ClNO4S. The van der Waals surface area contributed by atoms with Gasteiger partial charge in [0.1, 0.15) is 0 Å². The summed E-state index contributed by atoms with van der Waals surface area (Å²) in [7, 11) is 1.39. The molecule has 0 bridgehead atoms. The molecule has 2 aromatic carbocycles. The second kappa shape index (κ2) is 8.88. The van der Waals surface area contributed by atoms with Gasteiger partial charge in [0.2, 0.25) is 0 Å². The monoisotopic (exact) mass is 419 g/mol. The van der Waals surface area contributed by atoms with E-state index in [1.807, 2.05) is 36.6 Å². The minimum absolute atomic E-state index is 0.324. The van der Waals surface area contributed by atoms with Crippen molar-refractivity contribution in [3.05, 3.63) is 52.0 Å². The van der Waals surface area contributed by atoms with Gasteiger partial charge in [-0.25, -0.2) is 9.59 Å². The van der Waals surface area contributed by atoms with Crippen molar-refractivity contribution >= 4 is 35.4 Å². The molecule has 1 aliphatic heterocycles. The van der Waals surface area contributed by atoms with E-state index < -0.39 is 0 Å². The van der Waals surface area contributed by atoms with E-state index >= 15 is 0 Å². The van der Waals surface area contributed by atoms with Crippen LogP contribution in [0.15, 0.2) is 35.2 Å². The first-order valence-electron chi connectivity index (χ1n) is 8.98. The summed E-state index contributed by atoms with van der Waals surface area (Å²) >= 11 is 7.56. The Kier molecular flexibility index (Phi) is 6.52. The van der Waals surface area contributed by atoms with Crippen LogP contribution in [0.1, 0.15) is 28.4 Å². The number of rotatable bonds is 4. The van der Waals surface area contributed by atoms with E-state index in [2.05, 4.69) is 0 Å². The summed E-state index contributed by atoms with van der Waals surface area (Å²) in [5.41, 5.74) is 4.44. The highest BCUT2D eigenvalue weighted by Gasteiger charge is 2.30. The first kappa shape index (κ1) is 20.6. The largest absolute Gasteiger partial charge is 0.465 e. The van der Waals surface area contributed by atoms with E-state index in [4.69, 9.17) is 21.1 Å². The van der Waals surface area contributed by atoms with E-state index in [0.29, 0.717) is 36.7 Å². The first-order valence-corrected chi connectivity index (χ1v) is 10.6. The number of hydrogen-bond donors (Lipinski definition) is 0. The van der Waals surface area contributed by atoms with Crippen molar-refractivity contribution in [2.75, 3.05) is 26.5 Å². The van der Waals surface area contributed by atoms with Gasteiger partial charge in [-0.1, -0.05) is 23.7 Å². The van der Waals surface area contributed by atoms with Crippen LogP contribution < -0.4 is 0 Å². The molecule has 3 rings (SSSR count). The smallest absolute Gasteiger partial charge is 0.410 e. The Labute approximate surface area is 174 Å². The maximum absolute atomic E-state index is 12.5. The molecule has 1 aliphatic rings. The highest BCUT2D eigenvalue weighted by molar-refractivity contribution is 7.98. The molecule has 0 radical (unpaired) electrons. The lowest BCUT2D eigenvalue weighted by atomic mass is 9.87. The second-order valence-electron chi connectivity index (χ2n) is 6.33. The molecule has 7 heteroatoms. The summed E-state index contributed by atoms with van der Waals surface area (Å²) in [6, 6.07) is 9.56. The topological polar surface area (TPSA) is 55.8 Å². The lowest BCUT2D eigenvalue weighted by molar-refractivity contribution is 0.0594. The lowest BCUT2D eigenvalue weighted by Gasteiger charge is -2.31. The SMILES string of the molecule is CCOC(=O)N1CCc2c(c(-c3ccc(Cl)cc3)cc(SC)c2C(=O)OC)C1. The molecule has 0 unspecified atom stereocenters. The fraction of sp³-hybridized carbons (Fsp3) is 0.333. The van der Waals surface area contributed by atoms with Crippen LogP contribution in [0.2, 0.25) is 5.02 Å². The molecule has 0 fully saturated rings. The fourth-order valence-electron chi connectivity index (χ4n) is 3.47. The molecule has 0 saturated heterocycles. The van der Waals surface area contributed by atoms with E-state index in [9.17, 15) is 9.59 Å². The average molecular weight is 420 g/mol. The Morgan fingerprint density at radius 2 is 1.93 bits per heavy atom. The third-order valence-electron chi connectivity index (χ3n) is 4.78. The standard InChI is InChI=1S/C21H22ClNO4S/c1-4-27-21(25)23-10-9-15-17(12-23)16(13-5-7-14(22)8-6-13)11-18(28-3)19(15)20(24)26-2/h5-8,11H,4,9-10,12H2,1-3H3.